The molecule has 0 atom stereocenters. The molecule has 1 aliphatic heterocycles. The average molecular weight is 217 g/mol. The highest BCUT2D eigenvalue weighted by Gasteiger charge is 2.30. The zero-order valence-corrected chi connectivity index (χ0v) is 9.55. The van der Waals surface area contributed by atoms with E-state index in [-0.39, 0.29) is 5.66 Å². The first-order chi connectivity index (χ1) is 7.57. The minimum Gasteiger partial charge on any atom is -0.438 e. The van der Waals surface area contributed by atoms with Crippen LogP contribution in [0, 0.1) is 5.41 Å². The predicted octanol–water partition coefficient (Wildman–Crippen LogP) is 2.56. The van der Waals surface area contributed by atoms with Crippen LogP contribution in [-0.2, 0) is 6.42 Å². The first-order valence-corrected chi connectivity index (χ1v) is 5.64. The maximum absolute atomic E-state index is 7.88. The highest BCUT2D eigenvalue weighted by Crippen LogP contribution is 2.35. The molecule has 4 nitrogen and oxygen atoms in total. The second kappa shape index (κ2) is 2.97. The number of hydrogen-bond acceptors (Lipinski definition) is 4. The summed E-state index contributed by atoms with van der Waals surface area (Å²) in [4.78, 5) is 4.44. The molecule has 1 aromatic rings. The van der Waals surface area contributed by atoms with Crippen molar-refractivity contribution in [1.29, 1.82) is 5.41 Å². The normalized spacial score (nSPS) is 21.2. The molecule has 0 spiro atoms. The summed E-state index contributed by atoms with van der Waals surface area (Å²) in [6, 6.07) is 0. The Morgan fingerprint density at radius 3 is 3.06 bits per heavy atom. The van der Waals surface area contributed by atoms with Gasteiger partial charge in [-0.3, -0.25) is 4.99 Å². The lowest BCUT2D eigenvalue weighted by atomic mass is 9.93. The van der Waals surface area contributed by atoms with Crippen LogP contribution < -0.4 is 5.32 Å². The first kappa shape index (κ1) is 9.63. The van der Waals surface area contributed by atoms with Crippen LogP contribution >= 0.6 is 0 Å². The average Bonchev–Trinajstić information content (AvgIpc) is 2.55. The van der Waals surface area contributed by atoms with Crippen LogP contribution in [-0.4, -0.2) is 17.6 Å². The SMILES string of the molecule is CC1(C)N=Cc2c(oc3c2CCCC3=N)N1. The van der Waals surface area contributed by atoms with Gasteiger partial charge in [-0.2, -0.15) is 0 Å². The molecule has 2 heterocycles. The van der Waals surface area contributed by atoms with Crippen molar-refractivity contribution in [1.82, 2.24) is 0 Å². The minimum absolute atomic E-state index is 0.310. The third kappa shape index (κ3) is 1.29. The van der Waals surface area contributed by atoms with E-state index in [2.05, 4.69) is 10.3 Å². The number of rotatable bonds is 0. The zero-order valence-electron chi connectivity index (χ0n) is 9.55. The summed E-state index contributed by atoms with van der Waals surface area (Å²) in [5, 5.41) is 11.1. The van der Waals surface area contributed by atoms with Crippen molar-refractivity contribution in [3.05, 3.63) is 16.9 Å². The molecular weight excluding hydrogens is 202 g/mol. The second-order valence-corrected chi connectivity index (χ2v) is 4.93. The van der Waals surface area contributed by atoms with E-state index in [9.17, 15) is 0 Å². The molecule has 1 aliphatic carbocycles. The Morgan fingerprint density at radius 2 is 2.25 bits per heavy atom. The summed E-state index contributed by atoms with van der Waals surface area (Å²) >= 11 is 0. The molecule has 0 unspecified atom stereocenters. The Morgan fingerprint density at radius 1 is 1.44 bits per heavy atom. The number of furan rings is 1. The summed E-state index contributed by atoms with van der Waals surface area (Å²) in [5.41, 5.74) is 2.50. The van der Waals surface area contributed by atoms with Crippen LogP contribution in [0.15, 0.2) is 9.41 Å². The molecule has 0 radical (unpaired) electrons. The summed E-state index contributed by atoms with van der Waals surface area (Å²) in [6.07, 6.45) is 4.73. The molecule has 16 heavy (non-hydrogen) atoms. The van der Waals surface area contributed by atoms with Crippen LogP contribution in [0.2, 0.25) is 0 Å². The lowest BCUT2D eigenvalue weighted by Crippen LogP contribution is -2.31. The van der Waals surface area contributed by atoms with Gasteiger partial charge in [-0.15, -0.1) is 0 Å². The van der Waals surface area contributed by atoms with Crippen LogP contribution in [0.5, 0.6) is 0 Å². The minimum atomic E-state index is -0.310. The van der Waals surface area contributed by atoms with E-state index < -0.39 is 0 Å². The van der Waals surface area contributed by atoms with Crippen LogP contribution in [0.4, 0.5) is 5.88 Å². The van der Waals surface area contributed by atoms with Crippen LogP contribution in [0.25, 0.3) is 0 Å². The van der Waals surface area contributed by atoms with Crippen molar-refractivity contribution in [3.8, 4) is 0 Å². The Balaban J connectivity index is 2.14. The summed E-state index contributed by atoms with van der Waals surface area (Å²) in [6.45, 7) is 4.00. The molecule has 0 saturated heterocycles. The third-order valence-electron chi connectivity index (χ3n) is 3.11. The molecule has 4 heteroatoms. The number of hydrogen-bond donors (Lipinski definition) is 2. The van der Waals surface area contributed by atoms with E-state index in [4.69, 9.17) is 9.83 Å². The Labute approximate surface area is 94.3 Å². The Hall–Kier alpha value is -1.58. The summed E-state index contributed by atoms with van der Waals surface area (Å²) in [5.74, 6) is 1.53. The molecular formula is C12H15N3O. The second-order valence-electron chi connectivity index (χ2n) is 4.93. The Bertz CT molecular complexity index is 497. The van der Waals surface area contributed by atoms with Gasteiger partial charge in [0.2, 0.25) is 5.88 Å². The van der Waals surface area contributed by atoms with Crippen molar-refractivity contribution in [3.63, 3.8) is 0 Å². The smallest absolute Gasteiger partial charge is 0.204 e. The van der Waals surface area contributed by atoms with E-state index in [1.54, 1.807) is 0 Å². The van der Waals surface area contributed by atoms with Gasteiger partial charge >= 0.3 is 0 Å². The maximum atomic E-state index is 7.88. The lowest BCUT2D eigenvalue weighted by molar-refractivity contribution is 0.514. The third-order valence-corrected chi connectivity index (χ3v) is 3.11. The topological polar surface area (TPSA) is 61.4 Å². The van der Waals surface area contributed by atoms with E-state index in [1.807, 2.05) is 20.1 Å². The van der Waals surface area contributed by atoms with Gasteiger partial charge < -0.3 is 15.1 Å². The van der Waals surface area contributed by atoms with Crippen molar-refractivity contribution in [2.45, 2.75) is 38.8 Å². The summed E-state index contributed by atoms with van der Waals surface area (Å²) < 4.78 is 5.75. The molecule has 0 amide bonds. The van der Waals surface area contributed by atoms with E-state index in [0.717, 1.165) is 42.0 Å². The van der Waals surface area contributed by atoms with Crippen LogP contribution in [0.1, 0.15) is 43.6 Å². The number of nitrogens with zero attached hydrogens (tertiary/aromatic N) is 1. The van der Waals surface area contributed by atoms with Crippen molar-refractivity contribution >= 4 is 17.8 Å². The van der Waals surface area contributed by atoms with E-state index in [1.165, 1.54) is 0 Å². The molecule has 0 fully saturated rings. The van der Waals surface area contributed by atoms with Gasteiger partial charge in [0, 0.05) is 11.8 Å². The molecule has 0 aromatic carbocycles. The highest BCUT2D eigenvalue weighted by molar-refractivity contribution is 6.02. The monoisotopic (exact) mass is 217 g/mol. The first-order valence-electron chi connectivity index (χ1n) is 5.64. The molecule has 0 saturated carbocycles. The number of aliphatic imine (C=N–C) groups is 1. The zero-order chi connectivity index (χ0) is 11.3. The fraction of sp³-hybridized carbons (Fsp3) is 0.500. The predicted molar refractivity (Wildman–Crippen MR) is 63.8 cm³/mol. The molecule has 3 rings (SSSR count). The number of nitrogens with one attached hydrogen (secondary N) is 2. The van der Waals surface area contributed by atoms with Gasteiger partial charge in [-0.25, -0.2) is 0 Å². The van der Waals surface area contributed by atoms with Crippen molar-refractivity contribution in [2.24, 2.45) is 4.99 Å². The van der Waals surface area contributed by atoms with E-state index >= 15 is 0 Å². The fourth-order valence-corrected chi connectivity index (χ4v) is 2.29. The van der Waals surface area contributed by atoms with Crippen LogP contribution in [0.3, 0.4) is 0 Å². The van der Waals surface area contributed by atoms with Crippen molar-refractivity contribution in [2.75, 3.05) is 5.32 Å². The quantitative estimate of drug-likeness (QED) is 0.701. The molecule has 1 aromatic heterocycles. The van der Waals surface area contributed by atoms with Gasteiger partial charge in [-0.1, -0.05) is 0 Å². The molecule has 2 aliphatic rings. The van der Waals surface area contributed by atoms with E-state index in [0.29, 0.717) is 5.71 Å². The molecule has 0 bridgehead atoms. The summed E-state index contributed by atoms with van der Waals surface area (Å²) in [7, 11) is 0. The van der Waals surface area contributed by atoms with Gasteiger partial charge in [0.15, 0.2) is 5.76 Å². The maximum Gasteiger partial charge on any atom is 0.204 e. The van der Waals surface area contributed by atoms with Gasteiger partial charge in [0.1, 0.15) is 5.66 Å². The molecule has 84 valence electrons. The number of anilines is 1. The lowest BCUT2D eigenvalue weighted by Gasteiger charge is -2.24. The van der Waals surface area contributed by atoms with Gasteiger partial charge in [0.25, 0.3) is 0 Å². The number of fused-ring (bicyclic) bond motifs is 3. The Kier molecular flexibility index (Phi) is 1.79. The van der Waals surface area contributed by atoms with Crippen molar-refractivity contribution < 1.29 is 4.42 Å². The standard InChI is InChI=1S/C12H15N3O/c1-12(2)14-6-8-7-4-3-5-9(13)10(7)16-11(8)15-12/h6,13,15H,3-5H2,1-2H3. The fourth-order valence-electron chi connectivity index (χ4n) is 2.29. The largest absolute Gasteiger partial charge is 0.438 e. The highest BCUT2D eigenvalue weighted by atomic mass is 16.4. The van der Waals surface area contributed by atoms with Gasteiger partial charge in [-0.05, 0) is 33.1 Å². The van der Waals surface area contributed by atoms with Gasteiger partial charge in [0.05, 0.1) is 11.3 Å². The molecule has 2 N–H and O–H groups in total.